The third kappa shape index (κ3) is 4.18. The van der Waals surface area contributed by atoms with E-state index in [1.165, 1.54) is 22.2 Å². The minimum atomic E-state index is -0.331. The first-order valence-corrected chi connectivity index (χ1v) is 11.2. The van der Waals surface area contributed by atoms with Gasteiger partial charge in [-0.25, -0.2) is 9.40 Å². The number of benzene rings is 3. The molecule has 2 aliphatic rings. The van der Waals surface area contributed by atoms with Gasteiger partial charge in [0.05, 0.1) is 18.3 Å². The van der Waals surface area contributed by atoms with E-state index in [9.17, 15) is 9.18 Å². The molecule has 4 nitrogen and oxygen atoms in total. The van der Waals surface area contributed by atoms with Gasteiger partial charge >= 0.3 is 0 Å². The molecule has 5 rings (SSSR count). The number of carbonyl (C=O) groups is 1. The molecular weight excluding hydrogens is 425 g/mol. The van der Waals surface area contributed by atoms with Crippen molar-refractivity contribution in [1.82, 2.24) is 9.91 Å². The monoisotopic (exact) mass is 447 g/mol. The van der Waals surface area contributed by atoms with Crippen LogP contribution in [0.15, 0.2) is 77.9 Å². The Balaban J connectivity index is 1.41. The first-order chi connectivity index (χ1) is 15.6. The van der Waals surface area contributed by atoms with Crippen molar-refractivity contribution in [2.24, 2.45) is 5.10 Å². The van der Waals surface area contributed by atoms with Gasteiger partial charge in [-0.1, -0.05) is 66.2 Å². The summed E-state index contributed by atoms with van der Waals surface area (Å²) in [5.41, 5.74) is 4.56. The quantitative estimate of drug-likeness (QED) is 0.550. The van der Waals surface area contributed by atoms with Crippen molar-refractivity contribution >= 4 is 23.2 Å². The van der Waals surface area contributed by atoms with Gasteiger partial charge in [-0.15, -0.1) is 0 Å². The molecule has 32 heavy (non-hydrogen) atoms. The third-order valence-electron chi connectivity index (χ3n) is 6.17. The predicted octanol–water partition coefficient (Wildman–Crippen LogP) is 5.22. The maximum atomic E-state index is 14.5. The summed E-state index contributed by atoms with van der Waals surface area (Å²) in [5.74, 6) is -0.418. The summed E-state index contributed by atoms with van der Waals surface area (Å²) in [4.78, 5) is 15.5. The third-order valence-corrected chi connectivity index (χ3v) is 6.43. The van der Waals surface area contributed by atoms with Gasteiger partial charge < -0.3 is 0 Å². The van der Waals surface area contributed by atoms with E-state index in [-0.39, 0.29) is 24.3 Å². The number of hydrogen-bond acceptors (Lipinski definition) is 3. The molecule has 1 amide bonds. The maximum absolute atomic E-state index is 14.5. The van der Waals surface area contributed by atoms with Crippen molar-refractivity contribution in [3.63, 3.8) is 0 Å². The number of rotatable bonds is 4. The zero-order valence-corrected chi connectivity index (χ0v) is 18.3. The van der Waals surface area contributed by atoms with Crippen LogP contribution in [0.1, 0.15) is 34.7 Å². The number of nitrogens with zero attached hydrogens (tertiary/aromatic N) is 3. The van der Waals surface area contributed by atoms with Gasteiger partial charge in [0.25, 0.3) is 5.91 Å². The topological polar surface area (TPSA) is 35.9 Å². The highest BCUT2D eigenvalue weighted by molar-refractivity contribution is 6.30. The van der Waals surface area contributed by atoms with Crippen LogP contribution in [0.3, 0.4) is 0 Å². The first-order valence-electron chi connectivity index (χ1n) is 10.8. The lowest BCUT2D eigenvalue weighted by Crippen LogP contribution is -2.40. The molecular formula is C26H23ClFN3O. The number of carbonyl (C=O) groups excluding carboxylic acids is 1. The highest BCUT2D eigenvalue weighted by Crippen LogP contribution is 2.34. The Morgan fingerprint density at radius 3 is 2.50 bits per heavy atom. The number of hydrazone groups is 1. The number of amides is 1. The van der Waals surface area contributed by atoms with Crippen molar-refractivity contribution in [1.29, 1.82) is 0 Å². The largest absolute Gasteiger partial charge is 0.290 e. The Hall–Kier alpha value is -3.02. The molecule has 0 saturated heterocycles. The lowest BCUT2D eigenvalue weighted by atomic mass is 9.98. The van der Waals surface area contributed by atoms with Crippen LogP contribution in [0.2, 0.25) is 5.02 Å². The molecule has 0 bridgehead atoms. The summed E-state index contributed by atoms with van der Waals surface area (Å²) in [5, 5.41) is 6.77. The van der Waals surface area contributed by atoms with E-state index in [4.69, 9.17) is 11.6 Å². The van der Waals surface area contributed by atoms with Crippen LogP contribution in [0, 0.1) is 5.82 Å². The van der Waals surface area contributed by atoms with E-state index >= 15 is 0 Å². The molecule has 2 aliphatic heterocycles. The van der Waals surface area contributed by atoms with Gasteiger partial charge in [-0.05, 0) is 41.3 Å². The van der Waals surface area contributed by atoms with Gasteiger partial charge in [0.2, 0.25) is 0 Å². The number of fused-ring (bicyclic) bond motifs is 1. The smallest absolute Gasteiger partial charge is 0.257 e. The second-order valence-corrected chi connectivity index (χ2v) is 8.70. The molecule has 2 heterocycles. The lowest BCUT2D eigenvalue weighted by molar-refractivity contribution is -0.134. The molecule has 0 radical (unpaired) electrons. The van der Waals surface area contributed by atoms with Crippen LogP contribution in [0.25, 0.3) is 0 Å². The average Bonchev–Trinajstić information content (AvgIpc) is 3.25. The molecule has 0 spiro atoms. The highest BCUT2D eigenvalue weighted by atomic mass is 35.5. The SMILES string of the molecule is O=C(CN1CCc2ccccc2C1)N1N=C(c2ccccc2F)CC1c1ccc(Cl)cc1. The van der Waals surface area contributed by atoms with Gasteiger partial charge in [0, 0.05) is 30.1 Å². The van der Waals surface area contributed by atoms with Crippen LogP contribution in [0.4, 0.5) is 4.39 Å². The Morgan fingerprint density at radius 1 is 1.00 bits per heavy atom. The Morgan fingerprint density at radius 2 is 1.72 bits per heavy atom. The first kappa shape index (κ1) is 20.9. The van der Waals surface area contributed by atoms with Crippen molar-refractivity contribution in [2.75, 3.05) is 13.1 Å². The summed E-state index contributed by atoms with van der Waals surface area (Å²) in [6.07, 6.45) is 1.38. The van der Waals surface area contributed by atoms with E-state index < -0.39 is 0 Å². The summed E-state index contributed by atoms with van der Waals surface area (Å²) in [6.45, 7) is 1.84. The minimum absolute atomic E-state index is 0.0873. The second kappa shape index (κ2) is 8.85. The summed E-state index contributed by atoms with van der Waals surface area (Å²) >= 11 is 6.07. The molecule has 0 N–H and O–H groups in total. The zero-order valence-electron chi connectivity index (χ0n) is 17.5. The second-order valence-electron chi connectivity index (χ2n) is 8.27. The van der Waals surface area contributed by atoms with Gasteiger partial charge in [0.1, 0.15) is 5.82 Å². The summed E-state index contributed by atoms with van der Waals surface area (Å²) < 4.78 is 14.5. The fourth-order valence-electron chi connectivity index (χ4n) is 4.50. The van der Waals surface area contributed by atoms with E-state index in [1.54, 1.807) is 18.2 Å². The molecule has 3 aromatic rings. The molecule has 0 aromatic heterocycles. The van der Waals surface area contributed by atoms with Gasteiger partial charge in [-0.2, -0.15) is 5.10 Å². The molecule has 6 heteroatoms. The van der Waals surface area contributed by atoms with Crippen molar-refractivity contribution in [3.8, 4) is 0 Å². The molecule has 162 valence electrons. The Bertz CT molecular complexity index is 1180. The van der Waals surface area contributed by atoms with Crippen molar-refractivity contribution in [3.05, 3.63) is 106 Å². The van der Waals surface area contributed by atoms with E-state index in [0.29, 0.717) is 22.7 Å². The molecule has 3 aromatic carbocycles. The minimum Gasteiger partial charge on any atom is -0.290 e. The van der Waals surface area contributed by atoms with Crippen molar-refractivity contribution < 1.29 is 9.18 Å². The molecule has 1 atom stereocenters. The predicted molar refractivity (Wildman–Crippen MR) is 124 cm³/mol. The van der Waals surface area contributed by atoms with E-state index in [0.717, 1.165) is 25.1 Å². The number of halogens is 2. The Kier molecular flexibility index (Phi) is 5.77. The standard InChI is InChI=1S/C26H23ClFN3O/c27-21-11-9-19(10-12-21)25-15-24(22-7-3-4-8-23(22)28)29-31(25)26(32)17-30-14-13-18-5-1-2-6-20(18)16-30/h1-12,25H,13-17H2. The Labute approximate surface area is 191 Å². The maximum Gasteiger partial charge on any atom is 0.257 e. The van der Waals surface area contributed by atoms with Gasteiger partial charge in [0.15, 0.2) is 0 Å². The van der Waals surface area contributed by atoms with Crippen LogP contribution >= 0.6 is 11.6 Å². The van der Waals surface area contributed by atoms with Crippen molar-refractivity contribution in [2.45, 2.75) is 25.4 Å². The summed E-state index contributed by atoms with van der Waals surface area (Å²) in [6, 6.07) is 22.1. The lowest BCUT2D eigenvalue weighted by Gasteiger charge is -2.30. The molecule has 0 saturated carbocycles. The average molecular weight is 448 g/mol. The molecule has 0 fully saturated rings. The fourth-order valence-corrected chi connectivity index (χ4v) is 4.62. The van der Waals surface area contributed by atoms with Crippen LogP contribution in [-0.2, 0) is 17.8 Å². The van der Waals surface area contributed by atoms with Crippen LogP contribution in [0.5, 0.6) is 0 Å². The highest BCUT2D eigenvalue weighted by Gasteiger charge is 2.34. The zero-order chi connectivity index (χ0) is 22.1. The fraction of sp³-hybridized carbons (Fsp3) is 0.231. The van der Waals surface area contributed by atoms with E-state index in [1.807, 2.05) is 30.3 Å². The molecule has 0 aliphatic carbocycles. The normalized spacial score (nSPS) is 18.4. The number of hydrogen-bond donors (Lipinski definition) is 0. The van der Waals surface area contributed by atoms with Crippen LogP contribution < -0.4 is 0 Å². The van der Waals surface area contributed by atoms with Gasteiger partial charge in [-0.3, -0.25) is 9.69 Å². The summed E-state index contributed by atoms with van der Waals surface area (Å²) in [7, 11) is 0. The molecule has 1 unspecified atom stereocenters. The van der Waals surface area contributed by atoms with E-state index in [2.05, 4.69) is 28.2 Å². The van der Waals surface area contributed by atoms with Crippen LogP contribution in [-0.4, -0.2) is 34.6 Å².